The minimum atomic E-state index is -0.643. The van der Waals surface area contributed by atoms with Gasteiger partial charge in [-0.15, -0.1) is 0 Å². The molecular weight excluding hydrogens is 611 g/mol. The van der Waals surface area contributed by atoms with Gasteiger partial charge in [0.05, 0.1) is 13.7 Å². The van der Waals surface area contributed by atoms with E-state index in [9.17, 15) is 9.59 Å². The zero-order chi connectivity index (χ0) is 32.8. The maximum Gasteiger partial charge on any atom is 0.360 e. The molecule has 0 aliphatic carbocycles. The van der Waals surface area contributed by atoms with Crippen LogP contribution in [0.2, 0.25) is 10.3 Å². The Bertz CT molecular complexity index is 1250. The van der Waals surface area contributed by atoms with Gasteiger partial charge in [-0.1, -0.05) is 37.0 Å². The maximum atomic E-state index is 11.9. The van der Waals surface area contributed by atoms with E-state index in [0.29, 0.717) is 23.7 Å². The highest BCUT2D eigenvalue weighted by atomic mass is 35.5. The largest absolute Gasteiger partial charge is 0.464 e. The van der Waals surface area contributed by atoms with Crippen LogP contribution < -0.4 is 37.2 Å². The van der Waals surface area contributed by atoms with E-state index in [2.05, 4.69) is 69.9 Å². The average Bonchev–Trinajstić information content (AvgIpc) is 3.06. The molecule has 0 unspecified atom stereocenters. The lowest BCUT2D eigenvalue weighted by Crippen LogP contribution is -2.50. The molecule has 2 fully saturated rings. The van der Waals surface area contributed by atoms with Crippen molar-refractivity contribution in [3.05, 3.63) is 21.7 Å². The standard InChI is InChI=1S/C13H21ClN6O2.C12H18ClN5O2.B2/c1-2-8-7-20(5-3-16-8)12-10(14)18-9(11(15)19-12)13(22)17-4-6-21;1-3-7-6-18(5-4-15-7)11-9(13)16-8(10(14)17-11)12(19)20-2;1-2/h8,16,21H,2-7H2,1H3,(H2,15,19)(H,17,22);7,15H,3-6H2,1-2H3,(H2,14,17);/t8-;7-;/m00./s1. The molecule has 0 aromatic carbocycles. The summed E-state index contributed by atoms with van der Waals surface area (Å²) in [4.78, 5) is 44.0. The number of nitrogens with zero attached hydrogens (tertiary/aromatic N) is 6. The topological polar surface area (TPSA) is 210 Å². The van der Waals surface area contributed by atoms with Gasteiger partial charge >= 0.3 is 5.97 Å². The fourth-order valence-corrected chi connectivity index (χ4v) is 4.98. The summed E-state index contributed by atoms with van der Waals surface area (Å²) in [6, 6.07) is 0.739. The zero-order valence-electron chi connectivity index (χ0n) is 25.1. The molecule has 4 rings (SSSR count). The number of anilines is 4. The third-order valence-corrected chi connectivity index (χ3v) is 7.32. The molecule has 4 heterocycles. The monoisotopic (exact) mass is 649 g/mol. The second kappa shape index (κ2) is 18.6. The van der Waals surface area contributed by atoms with Crippen LogP contribution in [-0.4, -0.2) is 124 Å². The van der Waals surface area contributed by atoms with E-state index < -0.39 is 11.9 Å². The number of hydrogen-bond acceptors (Lipinski definition) is 14. The molecular formula is C25H39B2Cl2N11O4. The summed E-state index contributed by atoms with van der Waals surface area (Å²) < 4.78 is 4.59. The summed E-state index contributed by atoms with van der Waals surface area (Å²) in [6.07, 6.45) is 2.01. The van der Waals surface area contributed by atoms with E-state index in [4.69, 9.17) is 39.8 Å². The molecule has 15 nitrogen and oxygen atoms in total. The van der Waals surface area contributed by atoms with Crippen LogP contribution >= 0.6 is 23.2 Å². The van der Waals surface area contributed by atoms with Gasteiger partial charge in [0, 0.05) is 73.4 Å². The van der Waals surface area contributed by atoms with Gasteiger partial charge in [-0.2, -0.15) is 0 Å². The Hall–Kier alpha value is -3.11. The minimum Gasteiger partial charge on any atom is -0.464 e. The molecule has 238 valence electrons. The Morgan fingerprint density at radius 2 is 1.39 bits per heavy atom. The molecule has 0 spiro atoms. The number of aromatic nitrogens is 4. The lowest BCUT2D eigenvalue weighted by Gasteiger charge is -2.34. The maximum absolute atomic E-state index is 11.9. The van der Waals surface area contributed by atoms with Crippen molar-refractivity contribution in [3.63, 3.8) is 0 Å². The number of nitrogens with two attached hydrogens (primary N) is 2. The van der Waals surface area contributed by atoms with Crippen molar-refractivity contribution < 1.29 is 19.4 Å². The number of rotatable bonds is 8. The van der Waals surface area contributed by atoms with Gasteiger partial charge in [0.1, 0.15) is 0 Å². The SMILES string of the molecule is CC[C@H]1CN(c2nc(N)c(C(=O)NCCO)nc2Cl)CCN1.CC[C@H]1CN(c2nc(N)c(C(=O)OC)nc2Cl)CCN1.[B][B]. The second-order valence-corrected chi connectivity index (χ2v) is 10.3. The highest BCUT2D eigenvalue weighted by Gasteiger charge is 2.26. The van der Waals surface area contributed by atoms with Gasteiger partial charge in [-0.3, -0.25) is 4.79 Å². The van der Waals surface area contributed by atoms with Crippen LogP contribution in [0, 0.1) is 0 Å². The van der Waals surface area contributed by atoms with E-state index in [0.717, 1.165) is 52.1 Å². The summed E-state index contributed by atoms with van der Waals surface area (Å²) in [5.74, 6) is -0.0757. The minimum absolute atomic E-state index is 0.0237. The van der Waals surface area contributed by atoms with Crippen molar-refractivity contribution in [2.75, 3.05) is 80.8 Å². The molecule has 19 heteroatoms. The number of amides is 1. The molecule has 4 radical (unpaired) electrons. The van der Waals surface area contributed by atoms with Crippen molar-refractivity contribution in [1.82, 2.24) is 35.9 Å². The van der Waals surface area contributed by atoms with Crippen LogP contribution in [0.25, 0.3) is 0 Å². The lowest BCUT2D eigenvalue weighted by molar-refractivity contribution is 0.0594. The summed E-state index contributed by atoms with van der Waals surface area (Å²) in [5.41, 5.74) is 11.5. The third-order valence-electron chi connectivity index (χ3n) is 6.81. The molecule has 2 aromatic rings. The highest BCUT2D eigenvalue weighted by molar-refractivity contribution is 6.75. The third kappa shape index (κ3) is 9.95. The van der Waals surface area contributed by atoms with E-state index >= 15 is 0 Å². The number of piperazine rings is 2. The second-order valence-electron chi connectivity index (χ2n) is 9.63. The number of aliphatic hydroxyl groups is 1. The molecule has 1 amide bonds. The van der Waals surface area contributed by atoms with Gasteiger partial charge in [-0.25, -0.2) is 24.7 Å². The Balaban J connectivity index is 0.000000292. The van der Waals surface area contributed by atoms with Crippen LogP contribution in [0.1, 0.15) is 47.7 Å². The fourth-order valence-electron chi connectivity index (χ4n) is 4.49. The summed E-state index contributed by atoms with van der Waals surface area (Å²) in [7, 11) is 9.26. The van der Waals surface area contributed by atoms with Crippen LogP contribution in [-0.2, 0) is 4.74 Å². The number of nitrogens with one attached hydrogen (secondary N) is 3. The number of aliphatic hydroxyl groups excluding tert-OH is 1. The molecule has 2 aliphatic rings. The highest BCUT2D eigenvalue weighted by Crippen LogP contribution is 2.27. The van der Waals surface area contributed by atoms with Crippen molar-refractivity contribution >= 4 is 73.8 Å². The quantitative estimate of drug-likeness (QED) is 0.158. The van der Waals surface area contributed by atoms with Gasteiger partial charge in [-0.05, 0) is 12.8 Å². The molecule has 2 saturated heterocycles. The van der Waals surface area contributed by atoms with Gasteiger partial charge in [0.25, 0.3) is 5.91 Å². The molecule has 44 heavy (non-hydrogen) atoms. The number of carbonyl (C=O) groups is 2. The Kier molecular flexibility index (Phi) is 15.7. The van der Waals surface area contributed by atoms with Crippen LogP contribution in [0.5, 0.6) is 0 Å². The number of ether oxygens (including phenoxy) is 1. The predicted molar refractivity (Wildman–Crippen MR) is 174 cm³/mol. The van der Waals surface area contributed by atoms with E-state index in [-0.39, 0.29) is 46.5 Å². The molecule has 0 bridgehead atoms. The first-order valence-electron chi connectivity index (χ1n) is 14.1. The average molecular weight is 650 g/mol. The normalized spacial score (nSPS) is 17.9. The van der Waals surface area contributed by atoms with Crippen molar-refractivity contribution in [2.24, 2.45) is 0 Å². The van der Waals surface area contributed by atoms with Gasteiger partial charge < -0.3 is 47.1 Å². The number of methoxy groups -OCH3 is 1. The van der Waals surface area contributed by atoms with Crippen LogP contribution in [0.4, 0.5) is 23.3 Å². The number of carbonyl (C=O) groups excluding carboxylic acids is 2. The Morgan fingerprint density at radius 1 is 0.932 bits per heavy atom. The van der Waals surface area contributed by atoms with Crippen LogP contribution in [0.3, 0.4) is 0 Å². The number of halogens is 2. The summed E-state index contributed by atoms with van der Waals surface area (Å²) in [6.45, 7) is 8.91. The first-order valence-corrected chi connectivity index (χ1v) is 14.8. The molecule has 2 aromatic heterocycles. The first kappa shape index (κ1) is 37.1. The van der Waals surface area contributed by atoms with Gasteiger partial charge in [0.2, 0.25) is 0 Å². The van der Waals surface area contributed by atoms with Crippen molar-refractivity contribution in [3.8, 4) is 0 Å². The first-order chi connectivity index (χ1) is 21.1. The van der Waals surface area contributed by atoms with Crippen molar-refractivity contribution in [2.45, 2.75) is 38.8 Å². The fraction of sp³-hybridized carbons (Fsp3) is 0.600. The van der Waals surface area contributed by atoms with E-state index in [1.165, 1.54) is 7.11 Å². The number of esters is 1. The summed E-state index contributed by atoms with van der Waals surface area (Å²) in [5, 5.41) is 18.3. The number of nitrogen functional groups attached to an aromatic ring is 2. The molecule has 8 N–H and O–H groups in total. The molecule has 2 aliphatic heterocycles. The molecule has 2 atom stereocenters. The Morgan fingerprint density at radius 3 is 1.82 bits per heavy atom. The van der Waals surface area contributed by atoms with Gasteiger partial charge in [0.15, 0.2) is 45.0 Å². The zero-order valence-corrected chi connectivity index (χ0v) is 26.7. The smallest absolute Gasteiger partial charge is 0.360 e. The van der Waals surface area contributed by atoms with E-state index in [1.54, 1.807) is 0 Å². The van der Waals surface area contributed by atoms with Crippen LogP contribution in [0.15, 0.2) is 0 Å². The molecule has 0 saturated carbocycles. The lowest BCUT2D eigenvalue weighted by atomic mass is 9.81. The number of hydrogen-bond donors (Lipinski definition) is 6. The van der Waals surface area contributed by atoms with E-state index in [1.807, 2.05) is 9.80 Å². The predicted octanol–water partition coefficient (Wildman–Crippen LogP) is -0.452. The van der Waals surface area contributed by atoms with Crippen molar-refractivity contribution in [1.29, 1.82) is 0 Å². The Labute approximate surface area is 270 Å². The summed E-state index contributed by atoms with van der Waals surface area (Å²) >= 11 is 12.3.